The van der Waals surface area contributed by atoms with Crippen LogP contribution in [0.3, 0.4) is 0 Å². The maximum atomic E-state index is 6.08. The van der Waals surface area contributed by atoms with Gasteiger partial charge in [0.15, 0.2) is 5.96 Å². The van der Waals surface area contributed by atoms with Crippen LogP contribution >= 0.6 is 0 Å². The smallest absolute Gasteiger partial charge is 0.191 e. The van der Waals surface area contributed by atoms with E-state index in [2.05, 4.69) is 15.6 Å². The molecule has 5 heteroatoms. The Labute approximate surface area is 139 Å². The fraction of sp³-hybridized carbons (Fsp3) is 0.944. The summed E-state index contributed by atoms with van der Waals surface area (Å²) < 4.78 is 11.5. The highest BCUT2D eigenvalue weighted by atomic mass is 16.5. The third kappa shape index (κ3) is 2.76. The summed E-state index contributed by atoms with van der Waals surface area (Å²) in [5.41, 5.74) is 0.386. The number of ether oxygens (including phenoxy) is 2. The molecule has 4 rings (SSSR count). The normalized spacial score (nSPS) is 36.7. The molecule has 1 spiro atoms. The van der Waals surface area contributed by atoms with Gasteiger partial charge in [0.25, 0.3) is 0 Å². The van der Waals surface area contributed by atoms with Gasteiger partial charge >= 0.3 is 0 Å². The molecule has 5 nitrogen and oxygen atoms in total. The van der Waals surface area contributed by atoms with Crippen molar-refractivity contribution in [3.63, 3.8) is 0 Å². The van der Waals surface area contributed by atoms with E-state index in [0.29, 0.717) is 29.4 Å². The number of aliphatic imine (C=N–C) groups is 1. The van der Waals surface area contributed by atoms with Crippen molar-refractivity contribution in [1.82, 2.24) is 10.6 Å². The first-order valence-electron chi connectivity index (χ1n) is 9.50. The van der Waals surface area contributed by atoms with E-state index in [-0.39, 0.29) is 0 Å². The number of hydrogen-bond acceptors (Lipinski definition) is 3. The van der Waals surface area contributed by atoms with Gasteiger partial charge in [0.05, 0.1) is 6.10 Å². The molecule has 3 atom stereocenters. The molecule has 23 heavy (non-hydrogen) atoms. The van der Waals surface area contributed by atoms with Crippen molar-refractivity contribution in [2.24, 2.45) is 22.2 Å². The van der Waals surface area contributed by atoms with E-state index in [1.165, 1.54) is 32.1 Å². The number of nitrogens with one attached hydrogen (secondary N) is 2. The van der Waals surface area contributed by atoms with Crippen LogP contribution in [0.4, 0.5) is 0 Å². The molecule has 0 aromatic heterocycles. The van der Waals surface area contributed by atoms with Crippen molar-refractivity contribution in [3.05, 3.63) is 0 Å². The van der Waals surface area contributed by atoms with Gasteiger partial charge in [-0.3, -0.25) is 4.99 Å². The molecule has 4 aliphatic rings. The lowest BCUT2D eigenvalue weighted by molar-refractivity contribution is -0.125. The summed E-state index contributed by atoms with van der Waals surface area (Å²) in [5, 5.41) is 7.34. The Kier molecular flexibility index (Phi) is 4.50. The predicted octanol–water partition coefficient (Wildman–Crippen LogP) is 1.93. The third-order valence-corrected chi connectivity index (χ3v) is 6.70. The van der Waals surface area contributed by atoms with E-state index in [0.717, 1.165) is 45.2 Å². The van der Waals surface area contributed by atoms with E-state index in [1.54, 1.807) is 0 Å². The van der Waals surface area contributed by atoms with Crippen molar-refractivity contribution in [1.29, 1.82) is 0 Å². The SMILES string of the molecule is CN=C(NCC1CCOCC1)NC1C2CCOC2C12CCCC2. The Morgan fingerprint density at radius 2 is 1.91 bits per heavy atom. The largest absolute Gasteiger partial charge is 0.381 e. The number of guanidine groups is 1. The van der Waals surface area contributed by atoms with Crippen LogP contribution in [0.25, 0.3) is 0 Å². The minimum Gasteiger partial charge on any atom is -0.381 e. The van der Waals surface area contributed by atoms with Gasteiger partial charge in [-0.25, -0.2) is 0 Å². The summed E-state index contributed by atoms with van der Waals surface area (Å²) >= 11 is 0. The van der Waals surface area contributed by atoms with Crippen molar-refractivity contribution in [3.8, 4) is 0 Å². The zero-order valence-corrected chi connectivity index (χ0v) is 14.4. The Morgan fingerprint density at radius 3 is 2.65 bits per heavy atom. The van der Waals surface area contributed by atoms with Gasteiger partial charge in [0.1, 0.15) is 0 Å². The van der Waals surface area contributed by atoms with E-state index in [9.17, 15) is 0 Å². The molecule has 0 amide bonds. The number of rotatable bonds is 3. The van der Waals surface area contributed by atoms with Crippen LogP contribution < -0.4 is 10.6 Å². The van der Waals surface area contributed by atoms with Crippen LogP contribution in [0, 0.1) is 17.3 Å². The Hall–Kier alpha value is -0.810. The monoisotopic (exact) mass is 321 g/mol. The second-order valence-electron chi connectivity index (χ2n) is 7.82. The fourth-order valence-electron chi connectivity index (χ4n) is 5.44. The zero-order valence-electron chi connectivity index (χ0n) is 14.4. The first-order chi connectivity index (χ1) is 11.3. The molecule has 0 bridgehead atoms. The Balaban J connectivity index is 1.35. The number of fused-ring (bicyclic) bond motifs is 2. The van der Waals surface area contributed by atoms with Crippen molar-refractivity contribution >= 4 is 5.96 Å². The molecule has 4 fully saturated rings. The second kappa shape index (κ2) is 6.60. The Morgan fingerprint density at radius 1 is 1.13 bits per heavy atom. The quantitative estimate of drug-likeness (QED) is 0.616. The second-order valence-corrected chi connectivity index (χ2v) is 7.82. The average Bonchev–Trinajstić information content (AvgIpc) is 3.24. The Bertz CT molecular complexity index is 442. The molecule has 2 saturated heterocycles. The van der Waals surface area contributed by atoms with Crippen molar-refractivity contribution in [2.45, 2.75) is 57.1 Å². The minimum absolute atomic E-state index is 0.386. The third-order valence-electron chi connectivity index (χ3n) is 6.70. The van der Waals surface area contributed by atoms with Crippen LogP contribution in [-0.2, 0) is 9.47 Å². The minimum atomic E-state index is 0.386. The summed E-state index contributed by atoms with van der Waals surface area (Å²) in [6, 6.07) is 0.554. The molecule has 0 radical (unpaired) electrons. The van der Waals surface area contributed by atoms with Gasteiger partial charge in [0.2, 0.25) is 0 Å². The van der Waals surface area contributed by atoms with Crippen molar-refractivity contribution in [2.75, 3.05) is 33.4 Å². The lowest BCUT2D eigenvalue weighted by atomic mass is 9.54. The molecule has 0 aromatic rings. The van der Waals surface area contributed by atoms with E-state index in [4.69, 9.17) is 9.47 Å². The van der Waals surface area contributed by atoms with E-state index >= 15 is 0 Å². The van der Waals surface area contributed by atoms with Crippen LogP contribution in [0.15, 0.2) is 4.99 Å². The maximum absolute atomic E-state index is 6.08. The first-order valence-corrected chi connectivity index (χ1v) is 9.50. The summed E-state index contributed by atoms with van der Waals surface area (Å²) in [7, 11) is 1.89. The molecular formula is C18H31N3O2. The lowest BCUT2D eigenvalue weighted by Crippen LogP contribution is -2.69. The van der Waals surface area contributed by atoms with Gasteiger partial charge < -0.3 is 20.1 Å². The highest BCUT2D eigenvalue weighted by Crippen LogP contribution is 2.60. The summed E-state index contributed by atoms with van der Waals surface area (Å²) in [6.07, 6.45) is 9.41. The fourth-order valence-corrected chi connectivity index (χ4v) is 5.44. The summed E-state index contributed by atoms with van der Waals surface area (Å²) in [6.45, 7) is 3.77. The standard InChI is InChI=1S/C18H31N3O2/c1-19-17(20-12-13-4-9-22-10-5-13)21-15-14-6-11-23-16(14)18(15)7-2-3-8-18/h13-16H,2-12H2,1H3,(H2,19,20,21). The van der Waals surface area contributed by atoms with Gasteiger partial charge in [0, 0.05) is 50.8 Å². The van der Waals surface area contributed by atoms with Gasteiger partial charge in [-0.1, -0.05) is 12.8 Å². The van der Waals surface area contributed by atoms with Crippen LogP contribution in [-0.4, -0.2) is 51.5 Å². The molecule has 0 aromatic carbocycles. The van der Waals surface area contributed by atoms with Crippen LogP contribution in [0.5, 0.6) is 0 Å². The van der Waals surface area contributed by atoms with Gasteiger partial charge in [-0.15, -0.1) is 0 Å². The molecule has 2 aliphatic carbocycles. The molecule has 130 valence electrons. The molecule has 3 unspecified atom stereocenters. The molecule has 2 saturated carbocycles. The lowest BCUT2D eigenvalue weighted by Gasteiger charge is -2.57. The number of nitrogens with zero attached hydrogens (tertiary/aromatic N) is 1. The number of hydrogen-bond donors (Lipinski definition) is 2. The molecule has 2 N–H and O–H groups in total. The van der Waals surface area contributed by atoms with Crippen molar-refractivity contribution < 1.29 is 9.47 Å². The van der Waals surface area contributed by atoms with Gasteiger partial charge in [-0.05, 0) is 38.0 Å². The highest BCUT2D eigenvalue weighted by Gasteiger charge is 2.65. The predicted molar refractivity (Wildman–Crippen MR) is 90.6 cm³/mol. The van der Waals surface area contributed by atoms with E-state index in [1.807, 2.05) is 7.05 Å². The van der Waals surface area contributed by atoms with Crippen LogP contribution in [0.1, 0.15) is 44.9 Å². The van der Waals surface area contributed by atoms with Gasteiger partial charge in [-0.2, -0.15) is 0 Å². The zero-order chi connectivity index (χ0) is 15.7. The topological polar surface area (TPSA) is 54.9 Å². The summed E-state index contributed by atoms with van der Waals surface area (Å²) in [5.74, 6) is 2.39. The summed E-state index contributed by atoms with van der Waals surface area (Å²) in [4.78, 5) is 4.49. The highest BCUT2D eigenvalue weighted by molar-refractivity contribution is 5.80. The molecular weight excluding hydrogens is 290 g/mol. The van der Waals surface area contributed by atoms with E-state index < -0.39 is 0 Å². The maximum Gasteiger partial charge on any atom is 0.191 e. The molecule has 2 aliphatic heterocycles. The van der Waals surface area contributed by atoms with Crippen LogP contribution in [0.2, 0.25) is 0 Å². The molecule has 2 heterocycles. The first kappa shape index (κ1) is 15.7. The average molecular weight is 321 g/mol.